The Labute approximate surface area is 138 Å². The van der Waals surface area contributed by atoms with E-state index in [2.05, 4.69) is 21.5 Å². The number of aliphatic hydroxyl groups is 1. The molecule has 1 unspecified atom stereocenters. The number of phenolic OH excluding ortho intramolecular Hbond substituents is 1. The van der Waals surface area contributed by atoms with Crippen LogP contribution in [0.5, 0.6) is 5.75 Å². The van der Waals surface area contributed by atoms with Gasteiger partial charge in [0.1, 0.15) is 5.75 Å². The van der Waals surface area contributed by atoms with Crippen LogP contribution < -0.4 is 5.43 Å². The summed E-state index contributed by atoms with van der Waals surface area (Å²) in [5, 5.41) is 23.8. The van der Waals surface area contributed by atoms with Crippen LogP contribution in [0.1, 0.15) is 18.1 Å². The fraction of sp³-hybridized carbons (Fsp3) is 0.375. The summed E-state index contributed by atoms with van der Waals surface area (Å²) < 4.78 is 0. The van der Waals surface area contributed by atoms with E-state index in [4.69, 9.17) is 0 Å². The van der Waals surface area contributed by atoms with Crippen LogP contribution in [0.4, 0.5) is 4.79 Å². The lowest BCUT2D eigenvalue weighted by atomic mass is 10.0. The minimum atomic E-state index is -0.626. The second-order valence-corrected chi connectivity index (χ2v) is 6.54. The number of carbonyl (C=O) groups excluding carboxylic acids is 1. The van der Waals surface area contributed by atoms with Crippen molar-refractivity contribution in [2.24, 2.45) is 5.10 Å². The second kappa shape index (κ2) is 7.16. The van der Waals surface area contributed by atoms with Crippen molar-refractivity contribution in [3.05, 3.63) is 41.5 Å². The molecule has 0 aromatic heterocycles. The number of aromatic hydroxyl groups is 1. The van der Waals surface area contributed by atoms with Crippen molar-refractivity contribution in [1.82, 2.24) is 10.3 Å². The van der Waals surface area contributed by atoms with E-state index in [0.29, 0.717) is 12.3 Å². The number of benzene rings is 1. The number of nitrogens with zero attached hydrogens (tertiary/aromatic N) is 2. The van der Waals surface area contributed by atoms with Gasteiger partial charge in [0.25, 0.3) is 5.24 Å². The Kier molecular flexibility index (Phi) is 5.00. The highest BCUT2D eigenvalue weighted by atomic mass is 32.2. The minimum absolute atomic E-state index is 0.110. The molecule has 1 atom stereocenters. The Morgan fingerprint density at radius 2 is 2.30 bits per heavy atom. The quantitative estimate of drug-likeness (QED) is 0.783. The molecule has 0 saturated carbocycles. The highest BCUT2D eigenvalue weighted by molar-refractivity contribution is 8.14. The molecule has 2 heterocycles. The van der Waals surface area contributed by atoms with Crippen LogP contribution in [0.3, 0.4) is 0 Å². The van der Waals surface area contributed by atoms with Gasteiger partial charge in [0.05, 0.1) is 11.8 Å². The minimum Gasteiger partial charge on any atom is -0.508 e. The predicted molar refractivity (Wildman–Crippen MR) is 90.6 cm³/mol. The Bertz CT molecular complexity index is 660. The fourth-order valence-electron chi connectivity index (χ4n) is 2.70. The van der Waals surface area contributed by atoms with Gasteiger partial charge in [-0.25, -0.2) is 5.43 Å². The Balaban J connectivity index is 1.57. The molecule has 2 aliphatic heterocycles. The Hall–Kier alpha value is -1.83. The third-order valence-corrected chi connectivity index (χ3v) is 4.74. The average Bonchev–Trinajstić information content (AvgIpc) is 2.56. The van der Waals surface area contributed by atoms with Crippen molar-refractivity contribution in [3.63, 3.8) is 0 Å². The van der Waals surface area contributed by atoms with Crippen LogP contribution >= 0.6 is 11.8 Å². The second-order valence-electron chi connectivity index (χ2n) is 5.60. The smallest absolute Gasteiger partial charge is 0.299 e. The van der Waals surface area contributed by atoms with Gasteiger partial charge >= 0.3 is 0 Å². The normalized spacial score (nSPS) is 20.5. The highest BCUT2D eigenvalue weighted by Crippen LogP contribution is 2.22. The molecule has 7 heteroatoms. The van der Waals surface area contributed by atoms with Crippen molar-refractivity contribution in [2.75, 3.05) is 25.4 Å². The van der Waals surface area contributed by atoms with Crippen LogP contribution in [0, 0.1) is 0 Å². The van der Waals surface area contributed by atoms with Crippen molar-refractivity contribution in [2.45, 2.75) is 12.5 Å². The summed E-state index contributed by atoms with van der Waals surface area (Å²) in [7, 11) is 0. The zero-order valence-corrected chi connectivity index (χ0v) is 13.4. The molecule has 0 radical (unpaired) electrons. The van der Waals surface area contributed by atoms with E-state index in [1.165, 1.54) is 17.3 Å². The number of β-amino-alcohol motifs (C(OH)–C–C–N with tert-alkyl or cyclic N) is 1. The number of amides is 1. The lowest BCUT2D eigenvalue weighted by Crippen LogP contribution is -2.35. The average molecular weight is 333 g/mol. The fourth-order valence-corrected chi connectivity index (χ4v) is 3.33. The lowest BCUT2D eigenvalue weighted by Gasteiger charge is -2.29. The van der Waals surface area contributed by atoms with Crippen LogP contribution in [-0.4, -0.2) is 51.5 Å². The highest BCUT2D eigenvalue weighted by Gasteiger charge is 2.21. The Morgan fingerprint density at radius 1 is 1.43 bits per heavy atom. The third-order valence-electron chi connectivity index (χ3n) is 3.97. The molecule has 0 saturated heterocycles. The van der Waals surface area contributed by atoms with Crippen molar-refractivity contribution < 1.29 is 15.0 Å². The van der Waals surface area contributed by atoms with E-state index in [9.17, 15) is 15.0 Å². The first-order valence-corrected chi connectivity index (χ1v) is 8.48. The molecule has 1 amide bonds. The van der Waals surface area contributed by atoms with Crippen molar-refractivity contribution in [1.29, 1.82) is 0 Å². The number of thioether (sulfide) groups is 1. The Morgan fingerprint density at radius 3 is 2.96 bits per heavy atom. The zero-order chi connectivity index (χ0) is 16.2. The van der Waals surface area contributed by atoms with Gasteiger partial charge in [-0.2, -0.15) is 5.10 Å². The first kappa shape index (κ1) is 16.0. The molecular weight excluding hydrogens is 314 g/mol. The monoisotopic (exact) mass is 333 g/mol. The number of hydrogen-bond donors (Lipinski definition) is 3. The number of rotatable bonds is 4. The number of hydrogen-bond acceptors (Lipinski definition) is 6. The predicted octanol–water partition coefficient (Wildman–Crippen LogP) is 1.87. The lowest BCUT2D eigenvalue weighted by molar-refractivity contribution is 0.118. The summed E-state index contributed by atoms with van der Waals surface area (Å²) >= 11 is 1.23. The van der Waals surface area contributed by atoms with Gasteiger partial charge < -0.3 is 10.2 Å². The van der Waals surface area contributed by atoms with Crippen LogP contribution in [-0.2, 0) is 0 Å². The van der Waals surface area contributed by atoms with Gasteiger partial charge in [0.15, 0.2) is 0 Å². The van der Waals surface area contributed by atoms with Crippen LogP contribution in [0.25, 0.3) is 0 Å². The first-order chi connectivity index (χ1) is 11.1. The molecule has 3 N–H and O–H groups in total. The number of nitrogens with one attached hydrogen (secondary N) is 1. The van der Waals surface area contributed by atoms with Crippen LogP contribution in [0.2, 0.25) is 0 Å². The van der Waals surface area contributed by atoms with Crippen molar-refractivity contribution >= 4 is 22.7 Å². The molecule has 3 rings (SSSR count). The molecule has 2 aliphatic rings. The zero-order valence-electron chi connectivity index (χ0n) is 12.6. The largest absolute Gasteiger partial charge is 0.508 e. The summed E-state index contributed by atoms with van der Waals surface area (Å²) in [4.78, 5) is 13.3. The number of aliphatic hydroxyl groups excluding tert-OH is 1. The summed E-state index contributed by atoms with van der Waals surface area (Å²) in [6, 6.07) is 6.72. The summed E-state index contributed by atoms with van der Waals surface area (Å²) in [5.74, 6) is 0.779. The molecule has 0 spiro atoms. The topological polar surface area (TPSA) is 85.2 Å². The number of carbonyl (C=O) groups is 1. The van der Waals surface area contributed by atoms with Gasteiger partial charge in [0.2, 0.25) is 0 Å². The SMILES string of the molecule is O=C1NN=C(C2=CCN(CC(O)c3cccc(O)c3)CC2)CS1. The third kappa shape index (κ3) is 4.13. The van der Waals surface area contributed by atoms with Crippen molar-refractivity contribution in [3.8, 4) is 5.75 Å². The van der Waals surface area contributed by atoms with E-state index in [1.807, 2.05) is 6.07 Å². The number of hydrazone groups is 1. The van der Waals surface area contributed by atoms with Gasteiger partial charge in [-0.3, -0.25) is 9.69 Å². The van der Waals surface area contributed by atoms with E-state index < -0.39 is 6.10 Å². The molecule has 23 heavy (non-hydrogen) atoms. The molecule has 6 nitrogen and oxygen atoms in total. The maximum absolute atomic E-state index is 11.1. The molecular formula is C16H19N3O3S. The molecule has 122 valence electrons. The summed E-state index contributed by atoms with van der Waals surface area (Å²) in [5.41, 5.74) is 5.31. The van der Waals surface area contributed by atoms with Gasteiger partial charge in [0, 0.05) is 25.4 Å². The van der Waals surface area contributed by atoms with Gasteiger partial charge in [-0.15, -0.1) is 0 Å². The first-order valence-electron chi connectivity index (χ1n) is 7.50. The van der Waals surface area contributed by atoms with E-state index in [0.717, 1.165) is 30.8 Å². The molecule has 0 aliphatic carbocycles. The van der Waals surface area contributed by atoms with E-state index in [1.54, 1.807) is 18.2 Å². The number of phenols is 1. The maximum Gasteiger partial charge on any atom is 0.299 e. The maximum atomic E-state index is 11.1. The summed E-state index contributed by atoms with van der Waals surface area (Å²) in [6.45, 7) is 2.09. The van der Waals surface area contributed by atoms with Gasteiger partial charge in [-0.1, -0.05) is 30.0 Å². The molecule has 1 aromatic carbocycles. The molecule has 1 aromatic rings. The van der Waals surface area contributed by atoms with E-state index >= 15 is 0 Å². The molecule has 0 bridgehead atoms. The van der Waals surface area contributed by atoms with E-state index in [-0.39, 0.29) is 11.0 Å². The van der Waals surface area contributed by atoms with Gasteiger partial charge in [-0.05, 0) is 29.7 Å². The standard InChI is InChI=1S/C16H19N3O3S/c20-13-3-1-2-12(8-13)15(21)9-19-6-4-11(5-7-19)14-10-23-16(22)18-17-14/h1-4,8,15,20-21H,5-7,9-10H2,(H,18,22). The molecule has 0 fully saturated rings. The van der Waals surface area contributed by atoms with Crippen LogP contribution in [0.15, 0.2) is 41.0 Å². The summed E-state index contributed by atoms with van der Waals surface area (Å²) in [6.07, 6.45) is 2.33.